The molecule has 0 fully saturated rings. The van der Waals surface area contributed by atoms with E-state index in [-0.39, 0.29) is 10.8 Å². The molecular weight excluding hydrogens is 518 g/mol. The Hall–Kier alpha value is -4.88. The molecule has 0 spiro atoms. The van der Waals surface area contributed by atoms with E-state index in [1.165, 1.54) is 83.1 Å². The van der Waals surface area contributed by atoms with Crippen LogP contribution in [-0.2, 0) is 10.8 Å². The molecule has 43 heavy (non-hydrogen) atoms. The normalized spacial score (nSPS) is 15.3. The van der Waals surface area contributed by atoms with Crippen molar-refractivity contribution in [2.45, 2.75) is 38.5 Å². The number of hydrogen-bond donors (Lipinski definition) is 0. The second-order valence-corrected chi connectivity index (χ2v) is 13.4. The molecule has 0 bridgehead atoms. The molecule has 0 atom stereocenters. The molecule has 0 unspecified atom stereocenters. The van der Waals surface area contributed by atoms with Crippen molar-refractivity contribution in [1.29, 1.82) is 0 Å². The lowest BCUT2D eigenvalue weighted by Crippen LogP contribution is -2.16. The Balaban J connectivity index is 1.27. The summed E-state index contributed by atoms with van der Waals surface area (Å²) in [5, 5.41) is 2.62. The van der Waals surface area contributed by atoms with E-state index in [4.69, 9.17) is 0 Å². The Morgan fingerprint density at radius 3 is 1.86 bits per heavy atom. The van der Waals surface area contributed by atoms with Gasteiger partial charge in [0, 0.05) is 27.3 Å². The van der Waals surface area contributed by atoms with Crippen LogP contribution in [0.1, 0.15) is 49.9 Å². The average Bonchev–Trinajstić information content (AvgIpc) is 3.58. The van der Waals surface area contributed by atoms with Gasteiger partial charge in [-0.2, -0.15) is 0 Å². The van der Waals surface area contributed by atoms with Gasteiger partial charge in [0.2, 0.25) is 0 Å². The summed E-state index contributed by atoms with van der Waals surface area (Å²) >= 11 is 0. The van der Waals surface area contributed by atoms with Gasteiger partial charge in [-0.15, -0.1) is 0 Å². The molecule has 2 aliphatic carbocycles. The zero-order valence-electron chi connectivity index (χ0n) is 25.1. The first-order valence-electron chi connectivity index (χ1n) is 15.4. The van der Waals surface area contributed by atoms with Gasteiger partial charge in [-0.1, -0.05) is 137 Å². The predicted octanol–water partition coefficient (Wildman–Crippen LogP) is 11.1. The highest BCUT2D eigenvalue weighted by atomic mass is 15.0. The lowest BCUT2D eigenvalue weighted by Gasteiger charge is -2.23. The van der Waals surface area contributed by atoms with E-state index in [9.17, 15) is 0 Å². The van der Waals surface area contributed by atoms with Crippen LogP contribution in [0.15, 0.2) is 127 Å². The van der Waals surface area contributed by atoms with Gasteiger partial charge in [0.1, 0.15) is 0 Å². The van der Waals surface area contributed by atoms with Crippen molar-refractivity contribution in [2.24, 2.45) is 0 Å². The van der Waals surface area contributed by atoms with Gasteiger partial charge < -0.3 is 4.57 Å². The summed E-state index contributed by atoms with van der Waals surface area (Å²) in [5.41, 5.74) is 17.4. The summed E-state index contributed by atoms with van der Waals surface area (Å²) in [6, 6.07) is 47.5. The summed E-state index contributed by atoms with van der Waals surface area (Å²) in [6.45, 7) is 9.48. The highest BCUT2D eigenvalue weighted by molar-refractivity contribution is 6.13. The molecular formula is C42H33N. The van der Waals surface area contributed by atoms with E-state index in [1.54, 1.807) is 0 Å². The van der Waals surface area contributed by atoms with Gasteiger partial charge in [-0.3, -0.25) is 0 Å². The van der Waals surface area contributed by atoms with Crippen LogP contribution in [0.5, 0.6) is 0 Å². The van der Waals surface area contributed by atoms with Gasteiger partial charge in [0.15, 0.2) is 0 Å². The van der Waals surface area contributed by atoms with Crippen molar-refractivity contribution >= 4 is 21.8 Å². The fourth-order valence-electron chi connectivity index (χ4n) is 8.37. The van der Waals surface area contributed by atoms with E-state index in [1.807, 2.05) is 0 Å². The van der Waals surface area contributed by atoms with Gasteiger partial charge >= 0.3 is 0 Å². The molecule has 7 aromatic rings. The van der Waals surface area contributed by atoms with Crippen molar-refractivity contribution in [1.82, 2.24) is 4.57 Å². The van der Waals surface area contributed by atoms with E-state index in [0.29, 0.717) is 0 Å². The summed E-state index contributed by atoms with van der Waals surface area (Å²) in [5.74, 6) is 0. The molecule has 0 N–H and O–H groups in total. The molecule has 0 radical (unpaired) electrons. The van der Waals surface area contributed by atoms with Crippen LogP contribution in [-0.4, -0.2) is 4.57 Å². The molecule has 1 aromatic heterocycles. The monoisotopic (exact) mass is 551 g/mol. The Morgan fingerprint density at radius 1 is 0.442 bits per heavy atom. The summed E-state index contributed by atoms with van der Waals surface area (Å²) in [7, 11) is 0. The van der Waals surface area contributed by atoms with Crippen LogP contribution in [0.2, 0.25) is 0 Å². The topological polar surface area (TPSA) is 4.93 Å². The van der Waals surface area contributed by atoms with Gasteiger partial charge in [-0.05, 0) is 73.8 Å². The molecule has 9 rings (SSSR count). The van der Waals surface area contributed by atoms with Crippen molar-refractivity contribution in [3.63, 3.8) is 0 Å². The van der Waals surface area contributed by atoms with Gasteiger partial charge in [-0.25, -0.2) is 0 Å². The Kier molecular flexibility index (Phi) is 4.80. The Morgan fingerprint density at radius 2 is 1.07 bits per heavy atom. The second-order valence-electron chi connectivity index (χ2n) is 13.4. The fourth-order valence-corrected chi connectivity index (χ4v) is 8.37. The third-order valence-electron chi connectivity index (χ3n) is 10.4. The number of nitrogens with zero attached hydrogens (tertiary/aromatic N) is 1. The molecule has 2 aliphatic rings. The van der Waals surface area contributed by atoms with Crippen LogP contribution in [0.3, 0.4) is 0 Å². The van der Waals surface area contributed by atoms with E-state index >= 15 is 0 Å². The third kappa shape index (κ3) is 3.12. The lowest BCUT2D eigenvalue weighted by molar-refractivity contribution is 0.660. The van der Waals surface area contributed by atoms with E-state index < -0.39 is 0 Å². The molecule has 0 amide bonds. The smallest absolute Gasteiger partial charge is 0.0588 e. The summed E-state index contributed by atoms with van der Waals surface area (Å²) in [6.07, 6.45) is 0. The first-order valence-corrected chi connectivity index (χ1v) is 15.4. The lowest BCUT2D eigenvalue weighted by atomic mass is 9.81. The fraction of sp³-hybridized carbons (Fsp3) is 0.143. The van der Waals surface area contributed by atoms with Gasteiger partial charge in [0.25, 0.3) is 0 Å². The van der Waals surface area contributed by atoms with Crippen LogP contribution < -0.4 is 0 Å². The second kappa shape index (κ2) is 8.36. The van der Waals surface area contributed by atoms with Crippen molar-refractivity contribution in [3.8, 4) is 39.1 Å². The van der Waals surface area contributed by atoms with Crippen LogP contribution in [0, 0.1) is 0 Å². The van der Waals surface area contributed by atoms with Crippen molar-refractivity contribution < 1.29 is 0 Å². The molecule has 1 heteroatoms. The van der Waals surface area contributed by atoms with Gasteiger partial charge in [0.05, 0.1) is 11.0 Å². The molecule has 0 saturated carbocycles. The van der Waals surface area contributed by atoms with Crippen LogP contribution in [0.25, 0.3) is 60.9 Å². The maximum Gasteiger partial charge on any atom is 0.0588 e. The average molecular weight is 552 g/mol. The predicted molar refractivity (Wildman–Crippen MR) is 181 cm³/mol. The first kappa shape index (κ1) is 24.7. The summed E-state index contributed by atoms with van der Waals surface area (Å²) < 4.78 is 2.51. The maximum atomic E-state index is 2.51. The first-order chi connectivity index (χ1) is 20.9. The number of benzene rings is 6. The minimum absolute atomic E-state index is 0.00436. The zero-order chi connectivity index (χ0) is 29.1. The minimum atomic E-state index is -0.0949. The SMILES string of the molecule is CC1(C)c2ccccc2-c2c(-c3ccc(-n4c5ccccc5c5ccc6c(c54)C(C)(C)c4ccccc4-6)cc3)cccc21. The number of aromatic nitrogens is 1. The minimum Gasteiger partial charge on any atom is -0.309 e. The van der Waals surface area contributed by atoms with E-state index in [0.717, 1.165) is 0 Å². The molecule has 206 valence electrons. The highest BCUT2D eigenvalue weighted by Crippen LogP contribution is 2.54. The Labute approximate surface area is 253 Å². The van der Waals surface area contributed by atoms with Crippen molar-refractivity contribution in [2.75, 3.05) is 0 Å². The number of fused-ring (bicyclic) bond motifs is 10. The molecule has 0 aliphatic heterocycles. The largest absolute Gasteiger partial charge is 0.309 e. The van der Waals surface area contributed by atoms with Crippen molar-refractivity contribution in [3.05, 3.63) is 150 Å². The molecule has 1 nitrogen and oxygen atoms in total. The molecule has 0 saturated heterocycles. The highest BCUT2D eigenvalue weighted by Gasteiger charge is 2.39. The Bertz CT molecular complexity index is 2270. The third-order valence-corrected chi connectivity index (χ3v) is 10.4. The standard InChI is InChI=1S/C42H33N/c1-41(2)35-17-9-6-14-33(35)38-28(15-11-18-36(38)41)26-20-22-27(23-21-26)43-37-19-10-7-13-30(37)32-25-24-31-29-12-5-8-16-34(29)42(3,4)39(31)40(32)43/h5-25H,1-4H3. The number of hydrogen-bond acceptors (Lipinski definition) is 0. The van der Waals surface area contributed by atoms with Crippen LogP contribution in [0.4, 0.5) is 0 Å². The number of para-hydroxylation sites is 1. The molecule has 1 heterocycles. The quantitative estimate of drug-likeness (QED) is 0.201. The zero-order valence-corrected chi connectivity index (χ0v) is 25.1. The number of rotatable bonds is 2. The van der Waals surface area contributed by atoms with E-state index in [2.05, 4.69) is 160 Å². The maximum absolute atomic E-state index is 2.51. The molecule has 6 aromatic carbocycles. The van der Waals surface area contributed by atoms with Crippen LogP contribution >= 0.6 is 0 Å². The summed E-state index contributed by atoms with van der Waals surface area (Å²) in [4.78, 5) is 0.